The molecule has 0 bridgehead atoms. The van der Waals surface area contributed by atoms with Crippen LogP contribution in [0.3, 0.4) is 0 Å². The van der Waals surface area contributed by atoms with Crippen LogP contribution in [0.5, 0.6) is 0 Å². The van der Waals surface area contributed by atoms with Crippen molar-refractivity contribution in [3.63, 3.8) is 0 Å². The zero-order valence-corrected chi connectivity index (χ0v) is 43.4. The number of aliphatic hydroxyl groups excluding tert-OH is 1. The number of aliphatic hydroxyl groups is 1. The number of carboxylic acid groups (broad SMARTS) is 4. The highest BCUT2D eigenvalue weighted by molar-refractivity contribution is 7.98. The highest BCUT2D eigenvalue weighted by atomic mass is 32.2. The van der Waals surface area contributed by atoms with Gasteiger partial charge in [-0.25, -0.2) is 4.79 Å². The number of nitrogens with one attached hydrogen (secondary N) is 8. The molecule has 0 fully saturated rings. The predicted molar refractivity (Wildman–Crippen MR) is 259 cm³/mol. The van der Waals surface area contributed by atoms with Gasteiger partial charge >= 0.3 is 23.9 Å². The van der Waals surface area contributed by atoms with Crippen LogP contribution in [0.2, 0.25) is 0 Å². The standard InChI is InChI=1S/C45H77N9O17S/c1-21(2)14-25(46)37(62)49-28(15-22(3)4)41(66)51-31(19-36(60)61)43(68)52-30(18-35(58)59)42(67)47-26(10-11-34(56)57)38(63)50-29(16-23(5)6)40(65)48-27(12-13-72-9)39(64)54-33(20-55)44(69)53-32(45(70)71)17-24(7)8/h21-33,55H,10-20,46H2,1-9H3,(H,47,67)(H,48,65)(H,49,62)(H,50,63)(H,51,66)(H,52,68)(H,53,69)(H,54,64)(H,56,57)(H,58,59)(H,60,61)(H,70,71)/p+1/t25-,26-,27-,28-,29-,30-,31-,32-,33-/m0/s1. The zero-order valence-electron chi connectivity index (χ0n) is 42.5. The van der Waals surface area contributed by atoms with E-state index in [0.717, 1.165) is 0 Å². The lowest BCUT2D eigenvalue weighted by atomic mass is 10.00. The first kappa shape index (κ1) is 65.9. The molecule has 0 saturated carbocycles. The number of amides is 8. The summed E-state index contributed by atoms with van der Waals surface area (Å²) in [6.45, 7) is 13.1. The molecule has 0 saturated heterocycles. The van der Waals surface area contributed by atoms with Gasteiger partial charge in [-0.3, -0.25) is 52.7 Å². The van der Waals surface area contributed by atoms with Crippen molar-refractivity contribution < 1.29 is 88.8 Å². The van der Waals surface area contributed by atoms with Crippen LogP contribution in [-0.4, -0.2) is 170 Å². The second-order valence-corrected chi connectivity index (χ2v) is 20.1. The Balaban J connectivity index is 6.67. The van der Waals surface area contributed by atoms with Crippen LogP contribution < -0.4 is 48.3 Å². The van der Waals surface area contributed by atoms with Crippen molar-refractivity contribution in [2.75, 3.05) is 18.6 Å². The fourth-order valence-corrected chi connectivity index (χ4v) is 7.44. The lowest BCUT2D eigenvalue weighted by molar-refractivity contribution is -0.406. The molecule has 16 N–H and O–H groups in total. The third-order valence-corrected chi connectivity index (χ3v) is 11.1. The molecule has 0 aliphatic heterocycles. The van der Waals surface area contributed by atoms with E-state index in [4.69, 9.17) is 0 Å². The van der Waals surface area contributed by atoms with Gasteiger partial charge in [-0.05, 0) is 67.8 Å². The molecule has 0 aromatic rings. The minimum atomic E-state index is -2.07. The van der Waals surface area contributed by atoms with Gasteiger partial charge in [-0.15, -0.1) is 0 Å². The first-order valence-corrected chi connectivity index (χ1v) is 25.1. The van der Waals surface area contributed by atoms with E-state index in [9.17, 15) is 83.1 Å². The number of aliphatic carboxylic acids is 4. The highest BCUT2D eigenvalue weighted by Crippen LogP contribution is 2.12. The first-order chi connectivity index (χ1) is 33.4. The highest BCUT2D eigenvalue weighted by Gasteiger charge is 2.37. The largest absolute Gasteiger partial charge is 0.481 e. The van der Waals surface area contributed by atoms with Crippen LogP contribution in [0, 0.1) is 23.7 Å². The number of thioether (sulfide) groups is 1. The fraction of sp³-hybridized carbons (Fsp3) is 0.733. The summed E-state index contributed by atoms with van der Waals surface area (Å²) >= 11 is 1.29. The second kappa shape index (κ2) is 33.5. The Hall–Kier alpha value is -6.09. The third-order valence-electron chi connectivity index (χ3n) is 10.5. The Morgan fingerprint density at radius 2 is 0.708 bits per heavy atom. The van der Waals surface area contributed by atoms with Crippen LogP contribution in [0.1, 0.15) is 113 Å². The number of carbonyl (C=O) groups is 12. The number of carboxylic acids is 4. The zero-order chi connectivity index (χ0) is 55.6. The molecule has 0 aliphatic rings. The van der Waals surface area contributed by atoms with Crippen LogP contribution in [0.15, 0.2) is 0 Å². The Labute approximate surface area is 423 Å². The van der Waals surface area contributed by atoms with Crippen molar-refractivity contribution in [3.8, 4) is 0 Å². The minimum absolute atomic E-state index is 0.0402. The average Bonchev–Trinajstić information content (AvgIpc) is 3.25. The van der Waals surface area contributed by atoms with E-state index in [0.29, 0.717) is 6.42 Å². The van der Waals surface area contributed by atoms with Crippen LogP contribution in [0.25, 0.3) is 0 Å². The molecular weight excluding hydrogens is 971 g/mol. The predicted octanol–water partition coefficient (Wildman–Crippen LogP) is -2.70. The average molecular weight is 1050 g/mol. The molecule has 0 radical (unpaired) electrons. The van der Waals surface area contributed by atoms with Gasteiger partial charge < -0.3 is 73.8 Å². The third kappa shape index (κ3) is 26.9. The number of hydrogen-bond acceptors (Lipinski definition) is 14. The molecule has 0 aliphatic carbocycles. The van der Waals surface area contributed by atoms with Crippen LogP contribution in [0.4, 0.5) is 0 Å². The monoisotopic (exact) mass is 1050 g/mol. The summed E-state index contributed by atoms with van der Waals surface area (Å²) in [6, 6.07) is -13.7. The number of hydrogen-bond donors (Lipinski definition) is 14. The molecule has 8 amide bonds. The number of carbonyl (C=O) groups excluding carboxylic acids is 8. The lowest BCUT2D eigenvalue weighted by Crippen LogP contribution is -2.69. The molecule has 0 spiro atoms. The molecule has 72 heavy (non-hydrogen) atoms. The number of rotatable bonds is 36. The molecule has 0 aromatic heterocycles. The van der Waals surface area contributed by atoms with Gasteiger partial charge in [-0.2, -0.15) is 11.8 Å². The molecular formula is C45H78N9O17S+. The van der Waals surface area contributed by atoms with Crippen molar-refractivity contribution in [3.05, 3.63) is 0 Å². The molecule has 0 rings (SSSR count). The molecule has 26 nitrogen and oxygen atoms in total. The van der Waals surface area contributed by atoms with E-state index in [1.54, 1.807) is 47.8 Å². The molecule has 27 heteroatoms. The van der Waals surface area contributed by atoms with Crippen molar-refractivity contribution >= 4 is 82.9 Å². The molecule has 0 aromatic carbocycles. The molecule has 9 atom stereocenters. The van der Waals surface area contributed by atoms with Gasteiger partial charge in [0.15, 0.2) is 6.04 Å². The van der Waals surface area contributed by atoms with Gasteiger partial charge in [0.2, 0.25) is 41.4 Å². The van der Waals surface area contributed by atoms with E-state index in [-0.39, 0.29) is 55.1 Å². The van der Waals surface area contributed by atoms with E-state index < -0.39 is 158 Å². The van der Waals surface area contributed by atoms with Gasteiger partial charge in [0, 0.05) is 12.8 Å². The quantitative estimate of drug-likeness (QED) is 0.0304. The second-order valence-electron chi connectivity index (χ2n) is 19.1. The Morgan fingerprint density at radius 1 is 0.403 bits per heavy atom. The van der Waals surface area contributed by atoms with Crippen molar-refractivity contribution in [1.82, 2.24) is 42.5 Å². The van der Waals surface area contributed by atoms with Crippen molar-refractivity contribution in [2.24, 2.45) is 23.7 Å². The fourth-order valence-electron chi connectivity index (χ4n) is 6.97. The Kier molecular flexibility index (Phi) is 30.7. The maximum absolute atomic E-state index is 13.9. The van der Waals surface area contributed by atoms with Crippen LogP contribution in [-0.2, 0) is 57.5 Å². The maximum Gasteiger partial charge on any atom is 0.326 e. The summed E-state index contributed by atoms with van der Waals surface area (Å²) in [5.74, 6) is -14.7. The molecule has 0 heterocycles. The molecule has 0 unspecified atom stereocenters. The summed E-state index contributed by atoms with van der Waals surface area (Å²) in [5, 5.41) is 67.0. The van der Waals surface area contributed by atoms with E-state index >= 15 is 0 Å². The van der Waals surface area contributed by atoms with Gasteiger partial charge in [0.25, 0.3) is 5.91 Å². The summed E-state index contributed by atoms with van der Waals surface area (Å²) in [5.41, 5.74) is 3.82. The summed E-state index contributed by atoms with van der Waals surface area (Å²) in [4.78, 5) is 156. The minimum Gasteiger partial charge on any atom is -0.481 e. The summed E-state index contributed by atoms with van der Waals surface area (Å²) < 4.78 is 0. The van der Waals surface area contributed by atoms with Crippen LogP contribution >= 0.6 is 11.8 Å². The Bertz CT molecular complexity index is 1890. The lowest BCUT2D eigenvalue weighted by Gasteiger charge is -2.28. The number of quaternary nitrogens is 1. The molecule has 410 valence electrons. The summed E-state index contributed by atoms with van der Waals surface area (Å²) in [6.07, 6.45) is -1.62. The van der Waals surface area contributed by atoms with Crippen molar-refractivity contribution in [1.29, 1.82) is 0 Å². The maximum atomic E-state index is 13.9. The topological polar surface area (TPSA) is 430 Å². The van der Waals surface area contributed by atoms with Crippen molar-refractivity contribution in [2.45, 2.75) is 168 Å². The normalized spacial score (nSPS) is 15.0. The van der Waals surface area contributed by atoms with Gasteiger partial charge in [0.05, 0.1) is 19.4 Å². The SMILES string of the molecule is CSCC[C@H](NC(=O)[C@H](CC(C)C)NC(=O)[C@H](CCC(=O)O)NC(=O)[C@H](CC(=O)O)NC(=O)[C@H](CC(=O)O)NC(=O)[C@H](CC(C)C)NC(=O)[C@@H]([NH3+])CC(C)C)C(=O)N[C@@H](CO)C(=O)N[C@@H](CC(C)C)C(=O)O. The van der Waals surface area contributed by atoms with Gasteiger partial charge in [0.1, 0.15) is 48.3 Å². The first-order valence-electron chi connectivity index (χ1n) is 23.7. The Morgan fingerprint density at radius 3 is 1.07 bits per heavy atom. The van der Waals surface area contributed by atoms with E-state index in [2.05, 4.69) is 48.3 Å². The van der Waals surface area contributed by atoms with E-state index in [1.165, 1.54) is 11.8 Å². The summed E-state index contributed by atoms with van der Waals surface area (Å²) in [7, 11) is 0. The smallest absolute Gasteiger partial charge is 0.326 e. The van der Waals surface area contributed by atoms with Gasteiger partial charge in [-0.1, -0.05) is 55.4 Å². The van der Waals surface area contributed by atoms with E-state index in [1.807, 2.05) is 13.8 Å².